The van der Waals surface area contributed by atoms with Gasteiger partial charge in [0.25, 0.3) is 0 Å². The lowest BCUT2D eigenvalue weighted by molar-refractivity contribution is -0.127. The van der Waals surface area contributed by atoms with Gasteiger partial charge in [0.15, 0.2) is 0 Å². The molecule has 1 heterocycles. The van der Waals surface area contributed by atoms with E-state index >= 15 is 0 Å². The molecule has 1 aliphatic carbocycles. The van der Waals surface area contributed by atoms with Crippen molar-refractivity contribution < 1.29 is 14.3 Å². The smallest absolute Gasteiger partial charge is 0.237 e. The molecule has 0 aromatic heterocycles. The summed E-state index contributed by atoms with van der Waals surface area (Å²) < 4.78 is 11.3. The highest BCUT2D eigenvalue weighted by atomic mass is 16.5. The molecule has 0 aromatic carbocycles. The largest absolute Gasteiger partial charge is 0.366 e. The molecule has 0 aromatic rings. The summed E-state index contributed by atoms with van der Waals surface area (Å²) >= 11 is 0. The fraction of sp³-hybridized carbons (Fsp3) is 0.952. The van der Waals surface area contributed by atoms with Crippen molar-refractivity contribution in [2.45, 2.75) is 70.4 Å². The maximum Gasteiger partial charge on any atom is 0.237 e. The highest BCUT2D eigenvalue weighted by Crippen LogP contribution is 2.27. The van der Waals surface area contributed by atoms with Gasteiger partial charge in [-0.15, -0.1) is 0 Å². The first-order valence-electron chi connectivity index (χ1n) is 11.2. The molecule has 0 bridgehead atoms. The Kier molecular flexibility index (Phi) is 11.3. The number of amides is 1. The van der Waals surface area contributed by atoms with Gasteiger partial charge in [-0.05, 0) is 44.6 Å². The number of rotatable bonds is 13. The summed E-state index contributed by atoms with van der Waals surface area (Å²) in [6.07, 6.45) is 9.23. The molecule has 7 nitrogen and oxygen atoms in total. The summed E-state index contributed by atoms with van der Waals surface area (Å²) in [6, 6.07) is 0.0313. The number of hydrogen-bond donors (Lipinski definition) is 3. The summed E-state index contributed by atoms with van der Waals surface area (Å²) in [5, 5.41) is 6.00. The van der Waals surface area contributed by atoms with Crippen LogP contribution < -0.4 is 16.4 Å². The summed E-state index contributed by atoms with van der Waals surface area (Å²) in [7, 11) is 1.85. The maximum atomic E-state index is 12.7. The second-order valence-electron chi connectivity index (χ2n) is 8.41. The van der Waals surface area contributed by atoms with Crippen LogP contribution in [0.3, 0.4) is 0 Å². The van der Waals surface area contributed by atoms with Crippen LogP contribution in [0, 0.1) is 11.8 Å². The molecular weight excluding hydrogens is 356 g/mol. The van der Waals surface area contributed by atoms with Crippen molar-refractivity contribution in [3.05, 3.63) is 0 Å². The van der Waals surface area contributed by atoms with Gasteiger partial charge in [0.2, 0.25) is 5.91 Å². The van der Waals surface area contributed by atoms with E-state index in [9.17, 15) is 4.79 Å². The van der Waals surface area contributed by atoms with Crippen molar-refractivity contribution in [3.8, 4) is 0 Å². The summed E-state index contributed by atoms with van der Waals surface area (Å²) in [5.41, 5.74) is 6.36. The standard InChI is InChI=1S/C21H42N4O3/c1-3-17-12-20(21(26)24-10-7-11-27-15-23-2)25(13-17)16-28-14-19(22)18-8-5-4-6-9-18/h17-20,23H,3-16,22H2,1-2H3,(H,24,26)/t17?,19-,20+/m1/s1. The molecule has 7 heteroatoms. The number of carbonyl (C=O) groups excluding carboxylic acids is 1. The van der Waals surface area contributed by atoms with Crippen LogP contribution in [0.2, 0.25) is 0 Å². The molecule has 0 spiro atoms. The molecule has 164 valence electrons. The summed E-state index contributed by atoms with van der Waals surface area (Å²) in [4.78, 5) is 14.9. The van der Waals surface area contributed by atoms with Gasteiger partial charge >= 0.3 is 0 Å². The first-order chi connectivity index (χ1) is 13.7. The Labute approximate surface area is 171 Å². The molecule has 1 saturated heterocycles. The average molecular weight is 399 g/mol. The fourth-order valence-electron chi connectivity index (χ4n) is 4.39. The Hall–Kier alpha value is -0.730. The Morgan fingerprint density at radius 1 is 1.25 bits per heavy atom. The topological polar surface area (TPSA) is 88.8 Å². The third kappa shape index (κ3) is 7.95. The molecular formula is C21H42N4O3. The predicted molar refractivity (Wildman–Crippen MR) is 112 cm³/mol. The molecule has 2 aliphatic rings. The van der Waals surface area contributed by atoms with Gasteiger partial charge in [0.1, 0.15) is 0 Å². The first-order valence-corrected chi connectivity index (χ1v) is 11.2. The van der Waals surface area contributed by atoms with Crippen LogP contribution in [0.15, 0.2) is 0 Å². The zero-order valence-corrected chi connectivity index (χ0v) is 18.0. The number of nitrogens with two attached hydrogens (primary N) is 1. The third-order valence-electron chi connectivity index (χ3n) is 6.20. The number of nitrogens with zero attached hydrogens (tertiary/aromatic N) is 1. The normalized spacial score (nSPS) is 25.1. The highest BCUT2D eigenvalue weighted by molar-refractivity contribution is 5.82. The second-order valence-corrected chi connectivity index (χ2v) is 8.41. The number of likely N-dealkylation sites (tertiary alicyclic amines) is 1. The highest BCUT2D eigenvalue weighted by Gasteiger charge is 2.36. The lowest BCUT2D eigenvalue weighted by Crippen LogP contribution is -2.45. The molecule has 1 saturated carbocycles. The summed E-state index contributed by atoms with van der Waals surface area (Å²) in [5.74, 6) is 1.27. The van der Waals surface area contributed by atoms with E-state index in [4.69, 9.17) is 15.2 Å². The number of carbonyl (C=O) groups is 1. The van der Waals surface area contributed by atoms with Gasteiger partial charge in [0.05, 0.1) is 32.7 Å². The fourth-order valence-corrected chi connectivity index (χ4v) is 4.39. The number of hydrogen-bond acceptors (Lipinski definition) is 6. The van der Waals surface area contributed by atoms with Gasteiger partial charge < -0.3 is 20.5 Å². The molecule has 3 atom stereocenters. The van der Waals surface area contributed by atoms with E-state index in [0.29, 0.717) is 45.1 Å². The van der Waals surface area contributed by atoms with E-state index < -0.39 is 0 Å². The van der Waals surface area contributed by atoms with Crippen molar-refractivity contribution in [1.82, 2.24) is 15.5 Å². The van der Waals surface area contributed by atoms with Crippen molar-refractivity contribution in [2.24, 2.45) is 17.6 Å². The van der Waals surface area contributed by atoms with Crippen molar-refractivity contribution >= 4 is 5.91 Å². The maximum absolute atomic E-state index is 12.7. The number of ether oxygens (including phenoxy) is 2. The van der Waals surface area contributed by atoms with Crippen LogP contribution in [0.5, 0.6) is 0 Å². The molecule has 4 N–H and O–H groups in total. The predicted octanol–water partition coefficient (Wildman–Crippen LogP) is 1.67. The van der Waals surface area contributed by atoms with Gasteiger partial charge in [-0.1, -0.05) is 32.6 Å². The minimum Gasteiger partial charge on any atom is -0.366 e. The van der Waals surface area contributed by atoms with Crippen LogP contribution in [0.1, 0.15) is 58.3 Å². The Morgan fingerprint density at radius 3 is 2.75 bits per heavy atom. The van der Waals surface area contributed by atoms with Crippen LogP contribution in [0.25, 0.3) is 0 Å². The third-order valence-corrected chi connectivity index (χ3v) is 6.20. The minimum atomic E-state index is -0.0888. The van der Waals surface area contributed by atoms with E-state index in [1.54, 1.807) is 0 Å². The van der Waals surface area contributed by atoms with Crippen LogP contribution in [-0.2, 0) is 14.3 Å². The van der Waals surface area contributed by atoms with E-state index in [1.807, 2.05) is 7.05 Å². The molecule has 28 heavy (non-hydrogen) atoms. The van der Waals surface area contributed by atoms with E-state index in [0.717, 1.165) is 25.8 Å². The molecule has 1 unspecified atom stereocenters. The first kappa shape index (κ1) is 23.5. The second kappa shape index (κ2) is 13.5. The van der Waals surface area contributed by atoms with Gasteiger partial charge in [-0.2, -0.15) is 0 Å². The lowest BCUT2D eigenvalue weighted by Gasteiger charge is -2.29. The quantitative estimate of drug-likeness (QED) is 0.323. The Balaban J connectivity index is 1.70. The SMILES string of the molecule is CCC1C[C@@H](C(=O)NCCCOCNC)N(COC[C@@H](N)C2CCCCC2)C1. The molecule has 0 radical (unpaired) electrons. The molecule has 1 aliphatic heterocycles. The van der Waals surface area contributed by atoms with Gasteiger partial charge in [-0.3, -0.25) is 15.0 Å². The van der Waals surface area contributed by atoms with E-state index in [-0.39, 0.29) is 18.0 Å². The summed E-state index contributed by atoms with van der Waals surface area (Å²) in [6.45, 7) is 6.06. The van der Waals surface area contributed by atoms with E-state index in [2.05, 4.69) is 22.5 Å². The Bertz CT molecular complexity index is 432. The Morgan fingerprint density at radius 2 is 2.04 bits per heavy atom. The van der Waals surface area contributed by atoms with Crippen molar-refractivity contribution in [1.29, 1.82) is 0 Å². The zero-order chi connectivity index (χ0) is 20.2. The zero-order valence-electron chi connectivity index (χ0n) is 18.0. The minimum absolute atomic E-state index is 0.0888. The average Bonchev–Trinajstić information content (AvgIpc) is 3.14. The molecule has 1 amide bonds. The van der Waals surface area contributed by atoms with Gasteiger partial charge in [0, 0.05) is 19.1 Å². The van der Waals surface area contributed by atoms with Crippen molar-refractivity contribution in [3.63, 3.8) is 0 Å². The van der Waals surface area contributed by atoms with Crippen LogP contribution in [0.4, 0.5) is 0 Å². The van der Waals surface area contributed by atoms with Gasteiger partial charge in [-0.25, -0.2) is 0 Å². The van der Waals surface area contributed by atoms with E-state index in [1.165, 1.54) is 32.1 Å². The lowest BCUT2D eigenvalue weighted by atomic mass is 9.84. The number of nitrogens with one attached hydrogen (secondary N) is 2. The van der Waals surface area contributed by atoms with Crippen LogP contribution in [-0.4, -0.2) is 69.7 Å². The monoisotopic (exact) mass is 398 g/mol. The van der Waals surface area contributed by atoms with Crippen LogP contribution >= 0.6 is 0 Å². The van der Waals surface area contributed by atoms with Crippen molar-refractivity contribution in [2.75, 3.05) is 46.8 Å². The molecule has 2 rings (SSSR count). The molecule has 2 fully saturated rings.